The number of nitrogens with zero attached hydrogens (tertiary/aromatic N) is 4. The number of alkyl halides is 2. The van der Waals surface area contributed by atoms with E-state index < -0.39 is 108 Å². The number of thiophene rings is 1. The van der Waals surface area contributed by atoms with E-state index in [4.69, 9.17) is 4.74 Å². The largest absolute Gasteiger partial charge is 0.399 e. The van der Waals surface area contributed by atoms with Crippen molar-refractivity contribution in [1.29, 1.82) is 0 Å². The zero-order chi connectivity index (χ0) is 54.1. The van der Waals surface area contributed by atoms with Gasteiger partial charge >= 0.3 is 13.3 Å². The van der Waals surface area contributed by atoms with Crippen LogP contribution in [-0.2, 0) is 43.7 Å². The lowest BCUT2D eigenvalue weighted by molar-refractivity contribution is -0.158. The van der Waals surface area contributed by atoms with Crippen LogP contribution in [0, 0.1) is 17.3 Å². The lowest BCUT2D eigenvalue weighted by atomic mass is 9.85. The highest BCUT2D eigenvalue weighted by molar-refractivity contribution is 7.52. The van der Waals surface area contributed by atoms with Crippen LogP contribution in [-0.4, -0.2) is 147 Å². The Hall–Kier alpha value is -7.22. The number of halogens is 2. The molecule has 394 valence electrons. The summed E-state index contributed by atoms with van der Waals surface area (Å²) in [5.41, 5.74) is -5.04. The van der Waals surface area contributed by atoms with E-state index in [0.29, 0.717) is 10.3 Å². The molecule has 5 heterocycles. The van der Waals surface area contributed by atoms with Crippen molar-refractivity contribution in [3.05, 3.63) is 105 Å². The van der Waals surface area contributed by atoms with E-state index in [0.717, 1.165) is 33.9 Å². The molecule has 5 N–H and O–H groups in total. The van der Waals surface area contributed by atoms with E-state index in [1.165, 1.54) is 40.1 Å². The fourth-order valence-electron chi connectivity index (χ4n) is 9.23. The summed E-state index contributed by atoms with van der Waals surface area (Å²) >= 11 is 0.907. The average molecular weight is 1070 g/mol. The van der Waals surface area contributed by atoms with Crippen LogP contribution < -0.4 is 16.0 Å². The Morgan fingerprint density at radius 2 is 1.64 bits per heavy atom. The average Bonchev–Trinajstić information content (AvgIpc) is 3.91. The van der Waals surface area contributed by atoms with Crippen LogP contribution in [0.5, 0.6) is 0 Å². The van der Waals surface area contributed by atoms with Gasteiger partial charge in [-0.2, -0.15) is 8.78 Å². The molecule has 0 radical (unpaired) electrons. The van der Waals surface area contributed by atoms with Crippen LogP contribution in [0.2, 0.25) is 0 Å². The van der Waals surface area contributed by atoms with Crippen molar-refractivity contribution in [2.75, 3.05) is 45.9 Å². The molecule has 3 aromatic carbocycles. The van der Waals surface area contributed by atoms with Gasteiger partial charge in [-0.15, -0.1) is 11.3 Å². The molecule has 75 heavy (non-hydrogen) atoms. The highest BCUT2D eigenvalue weighted by Gasteiger charge is 2.51. The Balaban J connectivity index is 0.928. The van der Waals surface area contributed by atoms with Crippen LogP contribution in [0.4, 0.5) is 8.78 Å². The quantitative estimate of drug-likeness (QED) is 0.0449. The number of benzene rings is 3. The number of hydrogen-bond acceptors (Lipinski definition) is 12. The van der Waals surface area contributed by atoms with Gasteiger partial charge in [-0.25, -0.2) is 0 Å². The maximum Gasteiger partial charge on any atom is 0.399 e. The van der Waals surface area contributed by atoms with Crippen molar-refractivity contribution < 1.29 is 71.0 Å². The fourth-order valence-corrected chi connectivity index (χ4v) is 10.7. The SMILES string of the molecule is CC(C)(C)[C@H](NC(=O)c1cc2cc(C(F)(F)P(=O)(O)O)ccc2s1)C(=O)N1CCN(C(=O)CC(=O)NCCC#Cc2ccc3c(c2)C(=O)N(C2CCC(=O)NC2=O)C3=O)C[C@H]1C(=O)N1CCO[C@H](c2ccccc2)C1. The van der Waals surface area contributed by atoms with E-state index in [1.807, 2.05) is 30.3 Å². The molecule has 3 saturated heterocycles. The lowest BCUT2D eigenvalue weighted by Gasteiger charge is -2.45. The minimum Gasteiger partial charge on any atom is -0.370 e. The zero-order valence-electron chi connectivity index (χ0n) is 40.8. The monoisotopic (exact) mass is 1070 g/mol. The summed E-state index contributed by atoms with van der Waals surface area (Å²) in [7, 11) is -5.88. The minimum absolute atomic E-state index is 0.00873. The summed E-state index contributed by atoms with van der Waals surface area (Å²) in [6, 6.07) is 14.2. The summed E-state index contributed by atoms with van der Waals surface area (Å²) in [5, 5.41) is 7.67. The Bertz CT molecular complexity index is 3130. The number of rotatable bonds is 12. The first-order chi connectivity index (χ1) is 35.4. The van der Waals surface area contributed by atoms with Gasteiger partial charge in [0.25, 0.3) is 17.7 Å². The number of fused-ring (bicyclic) bond motifs is 2. The second-order valence-electron chi connectivity index (χ2n) is 19.4. The normalized spacial score (nSPS) is 19.7. The molecule has 1 aromatic heterocycles. The fraction of sp³-hybridized carbons (Fsp3) is 0.392. The molecule has 9 amide bonds. The Labute approximate surface area is 432 Å². The van der Waals surface area contributed by atoms with Gasteiger partial charge in [0.2, 0.25) is 35.4 Å². The molecule has 4 aliphatic rings. The van der Waals surface area contributed by atoms with Gasteiger partial charge in [0.1, 0.15) is 30.7 Å². The van der Waals surface area contributed by atoms with Gasteiger partial charge in [0.15, 0.2) is 0 Å². The number of amides is 9. The first kappa shape index (κ1) is 54.1. The molecule has 1 unspecified atom stereocenters. The third-order valence-corrected chi connectivity index (χ3v) is 15.4. The third-order valence-electron chi connectivity index (χ3n) is 13.2. The third kappa shape index (κ3) is 11.5. The molecule has 0 aliphatic carbocycles. The van der Waals surface area contributed by atoms with Gasteiger partial charge in [-0.05, 0) is 59.2 Å². The molecular formula is C51H52F2N7O13PS. The number of carbonyl (C=O) groups is 9. The predicted molar refractivity (Wildman–Crippen MR) is 265 cm³/mol. The molecule has 3 fully saturated rings. The summed E-state index contributed by atoms with van der Waals surface area (Å²) in [6.45, 7) is 5.06. The van der Waals surface area contributed by atoms with E-state index in [9.17, 15) is 66.3 Å². The van der Waals surface area contributed by atoms with Crippen molar-refractivity contribution in [1.82, 2.24) is 35.6 Å². The smallest absolute Gasteiger partial charge is 0.370 e. The molecule has 0 spiro atoms. The van der Waals surface area contributed by atoms with Crippen LogP contribution in [0.1, 0.15) is 99.6 Å². The van der Waals surface area contributed by atoms with E-state index >= 15 is 0 Å². The summed E-state index contributed by atoms with van der Waals surface area (Å²) in [6.07, 6.45) is -0.978. The first-order valence-corrected chi connectivity index (χ1v) is 26.3. The minimum atomic E-state index is -5.88. The van der Waals surface area contributed by atoms with E-state index in [2.05, 4.69) is 27.8 Å². The van der Waals surface area contributed by atoms with Crippen molar-refractivity contribution in [3.63, 3.8) is 0 Å². The summed E-state index contributed by atoms with van der Waals surface area (Å²) < 4.78 is 47.1. The number of morpholine rings is 1. The standard InChI is InChI=1S/C51H52F2N7O13PS/c1-50(2,3)43(56-45(65)39-25-31-24-32(13-16-38(31)75-39)51(52,53)74(70,71)72)49(69)59-20-19-57(27-36(59)48(68)58-21-22-73-37(28-58)30-10-5-4-6-11-30)42(63)26-41(62)54-18-8-7-9-29-12-14-33-34(23-29)47(67)60(46(33)66)35-15-17-40(61)55-44(35)64/h4-6,10-14,16,23-25,35-37,43H,8,15,17-22,26-28H2,1-3H3,(H,54,62)(H,56,65)(H,55,61,64)(H2,70,71,72)/t35?,36-,37-,43+/m0/s1. The van der Waals surface area contributed by atoms with Gasteiger partial charge in [-0.3, -0.25) is 57.9 Å². The Kier molecular flexibility index (Phi) is 15.5. The number of nitrogens with one attached hydrogen (secondary N) is 3. The molecular weight excluding hydrogens is 1020 g/mol. The first-order valence-electron chi connectivity index (χ1n) is 23.9. The van der Waals surface area contributed by atoms with E-state index in [-0.39, 0.29) is 86.5 Å². The highest BCUT2D eigenvalue weighted by Crippen LogP contribution is 2.59. The molecule has 24 heteroatoms. The second kappa shape index (κ2) is 21.6. The molecule has 0 bridgehead atoms. The number of piperazine rings is 1. The topological polar surface area (TPSA) is 269 Å². The summed E-state index contributed by atoms with van der Waals surface area (Å²) in [5.74, 6) is 0.0506. The van der Waals surface area contributed by atoms with Crippen molar-refractivity contribution in [2.45, 2.75) is 76.3 Å². The predicted octanol–water partition coefficient (Wildman–Crippen LogP) is 3.26. The number of piperidine rings is 1. The second-order valence-corrected chi connectivity index (χ2v) is 22.2. The molecule has 20 nitrogen and oxygen atoms in total. The van der Waals surface area contributed by atoms with Crippen LogP contribution in [0.3, 0.4) is 0 Å². The van der Waals surface area contributed by atoms with Gasteiger partial charge in [0, 0.05) is 54.8 Å². The molecule has 4 aromatic rings. The van der Waals surface area contributed by atoms with Crippen molar-refractivity contribution in [3.8, 4) is 11.8 Å². The van der Waals surface area contributed by atoms with Crippen LogP contribution in [0.25, 0.3) is 10.1 Å². The van der Waals surface area contributed by atoms with Crippen LogP contribution in [0.15, 0.2) is 72.8 Å². The Morgan fingerprint density at radius 1 is 0.907 bits per heavy atom. The maximum absolute atomic E-state index is 14.8. The molecule has 0 saturated carbocycles. The number of hydrogen-bond donors (Lipinski definition) is 5. The number of carbonyl (C=O) groups excluding carboxylic acids is 9. The maximum atomic E-state index is 14.8. The number of imide groups is 2. The van der Waals surface area contributed by atoms with Crippen molar-refractivity contribution in [2.24, 2.45) is 5.41 Å². The molecule has 8 rings (SSSR count). The van der Waals surface area contributed by atoms with Crippen LogP contribution >= 0.6 is 18.9 Å². The van der Waals surface area contributed by atoms with Gasteiger partial charge < -0.3 is 39.9 Å². The summed E-state index contributed by atoms with van der Waals surface area (Å²) in [4.78, 5) is 144. The van der Waals surface area contributed by atoms with Gasteiger partial charge in [0.05, 0.1) is 35.7 Å². The van der Waals surface area contributed by atoms with Crippen molar-refractivity contribution >= 4 is 82.2 Å². The zero-order valence-corrected chi connectivity index (χ0v) is 42.5. The molecule has 4 atom stereocenters. The Morgan fingerprint density at radius 3 is 2.35 bits per heavy atom. The number of ether oxygens (including phenoxy) is 1. The lowest BCUT2D eigenvalue weighted by Crippen LogP contribution is -2.66. The highest BCUT2D eigenvalue weighted by atomic mass is 32.1. The van der Waals surface area contributed by atoms with Gasteiger partial charge in [-0.1, -0.05) is 69.0 Å². The molecule has 4 aliphatic heterocycles. The van der Waals surface area contributed by atoms with E-state index in [1.54, 1.807) is 25.7 Å².